The standard InChI is InChI=1S/C24H28FN5.C2H6/c1-3-24(2,10-8-16-4-5-17-6-7-21(26)29-20(17)14-16)11-13-30-12-9-18-22(30)19(25)15-28-23(18)27;1-2/h4-7,9,12,14-15H,3,8,10-11,13H2,1-2H3,(H2,26,29)(H2,27,28);1-2H3/t24-;/m1./s1. The number of anilines is 2. The van der Waals surface area contributed by atoms with Crippen molar-refractivity contribution >= 4 is 33.4 Å². The molecule has 3 aromatic heterocycles. The van der Waals surface area contributed by atoms with Crippen LogP contribution in [0, 0.1) is 11.2 Å². The van der Waals surface area contributed by atoms with Crippen LogP contribution in [-0.4, -0.2) is 14.5 Å². The first-order valence-electron chi connectivity index (χ1n) is 11.4. The summed E-state index contributed by atoms with van der Waals surface area (Å²) < 4.78 is 16.3. The molecule has 1 aromatic carbocycles. The summed E-state index contributed by atoms with van der Waals surface area (Å²) in [6, 6.07) is 12.1. The first kappa shape index (κ1) is 23.5. The third-order valence-corrected chi connectivity index (χ3v) is 6.39. The third kappa shape index (κ3) is 5.01. The molecule has 32 heavy (non-hydrogen) atoms. The average Bonchev–Trinajstić information content (AvgIpc) is 3.25. The Morgan fingerprint density at radius 1 is 1.06 bits per heavy atom. The lowest BCUT2D eigenvalue weighted by Crippen LogP contribution is -2.19. The number of aromatic nitrogens is 3. The van der Waals surface area contributed by atoms with E-state index in [1.165, 1.54) is 11.8 Å². The lowest BCUT2D eigenvalue weighted by Gasteiger charge is -2.29. The van der Waals surface area contributed by atoms with E-state index < -0.39 is 0 Å². The molecule has 0 unspecified atom stereocenters. The second kappa shape index (κ2) is 9.98. The molecule has 0 spiro atoms. The van der Waals surface area contributed by atoms with Crippen molar-refractivity contribution in [3.05, 3.63) is 60.2 Å². The van der Waals surface area contributed by atoms with Crippen LogP contribution in [0.4, 0.5) is 16.0 Å². The Morgan fingerprint density at radius 2 is 1.81 bits per heavy atom. The predicted molar refractivity (Wildman–Crippen MR) is 133 cm³/mol. The highest BCUT2D eigenvalue weighted by Gasteiger charge is 2.23. The predicted octanol–water partition coefficient (Wildman–Crippen LogP) is 6.35. The minimum Gasteiger partial charge on any atom is -0.384 e. The molecule has 4 rings (SSSR count). The molecule has 4 N–H and O–H groups in total. The molecule has 0 radical (unpaired) electrons. The quantitative estimate of drug-likeness (QED) is 0.354. The van der Waals surface area contributed by atoms with Crippen molar-refractivity contribution in [3.63, 3.8) is 0 Å². The maximum Gasteiger partial charge on any atom is 0.165 e. The van der Waals surface area contributed by atoms with E-state index >= 15 is 0 Å². The number of nitrogens with two attached hydrogens (primary N) is 2. The molecule has 6 heteroatoms. The zero-order valence-electron chi connectivity index (χ0n) is 19.5. The molecule has 0 fully saturated rings. The SMILES string of the molecule is CC.CC[C@](C)(CCc1ccc2ccc(N)nc2c1)CCn1ccc2c(N)ncc(F)c21. The van der Waals surface area contributed by atoms with Crippen molar-refractivity contribution in [2.75, 3.05) is 11.5 Å². The Balaban J connectivity index is 0.00000141. The Hall–Kier alpha value is -3.15. The fraction of sp³-hybridized carbons (Fsp3) is 0.385. The number of nitrogen functional groups attached to an aromatic ring is 2. The minimum atomic E-state index is -0.328. The topological polar surface area (TPSA) is 82.8 Å². The number of pyridine rings is 2. The molecule has 4 aromatic rings. The number of rotatable bonds is 7. The Morgan fingerprint density at radius 3 is 2.56 bits per heavy atom. The van der Waals surface area contributed by atoms with E-state index in [4.69, 9.17) is 11.5 Å². The summed E-state index contributed by atoms with van der Waals surface area (Å²) in [7, 11) is 0. The molecule has 0 bridgehead atoms. The van der Waals surface area contributed by atoms with Gasteiger partial charge in [-0.25, -0.2) is 14.4 Å². The number of fused-ring (bicyclic) bond motifs is 2. The number of aryl methyl sites for hydroxylation is 2. The Kier molecular flexibility index (Phi) is 7.33. The summed E-state index contributed by atoms with van der Waals surface area (Å²) in [5, 5.41) is 1.78. The molecule has 3 heterocycles. The van der Waals surface area contributed by atoms with Gasteiger partial charge in [-0.15, -0.1) is 0 Å². The number of hydrogen-bond donors (Lipinski definition) is 2. The monoisotopic (exact) mass is 435 g/mol. The molecule has 0 amide bonds. The Labute approximate surface area is 189 Å². The van der Waals surface area contributed by atoms with E-state index in [1.807, 2.05) is 42.8 Å². The van der Waals surface area contributed by atoms with Gasteiger partial charge in [-0.3, -0.25) is 0 Å². The summed E-state index contributed by atoms with van der Waals surface area (Å²) in [4.78, 5) is 8.35. The first-order chi connectivity index (χ1) is 15.4. The van der Waals surface area contributed by atoms with Crippen molar-refractivity contribution in [2.45, 2.75) is 59.9 Å². The highest BCUT2D eigenvalue weighted by atomic mass is 19.1. The maximum absolute atomic E-state index is 14.3. The number of halogens is 1. The maximum atomic E-state index is 14.3. The van der Waals surface area contributed by atoms with Crippen molar-refractivity contribution < 1.29 is 4.39 Å². The highest BCUT2D eigenvalue weighted by molar-refractivity contribution is 5.89. The van der Waals surface area contributed by atoms with Crippen LogP contribution in [0.15, 0.2) is 48.8 Å². The lowest BCUT2D eigenvalue weighted by molar-refractivity contribution is 0.247. The van der Waals surface area contributed by atoms with Gasteiger partial charge in [-0.1, -0.05) is 46.2 Å². The van der Waals surface area contributed by atoms with Crippen LogP contribution in [0.5, 0.6) is 0 Å². The van der Waals surface area contributed by atoms with Crippen LogP contribution in [0.3, 0.4) is 0 Å². The van der Waals surface area contributed by atoms with Crippen molar-refractivity contribution in [1.82, 2.24) is 14.5 Å². The summed E-state index contributed by atoms with van der Waals surface area (Å²) in [5.41, 5.74) is 14.6. The van der Waals surface area contributed by atoms with E-state index in [-0.39, 0.29) is 11.2 Å². The molecular weight excluding hydrogens is 401 g/mol. The largest absolute Gasteiger partial charge is 0.384 e. The second-order valence-electron chi connectivity index (χ2n) is 8.44. The van der Waals surface area contributed by atoms with E-state index in [0.29, 0.717) is 22.5 Å². The van der Waals surface area contributed by atoms with E-state index in [1.54, 1.807) is 0 Å². The molecule has 5 nitrogen and oxygen atoms in total. The van der Waals surface area contributed by atoms with Gasteiger partial charge in [0, 0.05) is 23.5 Å². The molecule has 0 aliphatic heterocycles. The second-order valence-corrected chi connectivity index (χ2v) is 8.44. The molecule has 170 valence electrons. The van der Waals surface area contributed by atoms with Gasteiger partial charge in [-0.05, 0) is 54.5 Å². The van der Waals surface area contributed by atoms with Crippen LogP contribution in [0.1, 0.15) is 52.5 Å². The van der Waals surface area contributed by atoms with Crippen molar-refractivity contribution in [2.24, 2.45) is 5.41 Å². The van der Waals surface area contributed by atoms with Crippen molar-refractivity contribution in [1.29, 1.82) is 0 Å². The fourth-order valence-electron chi connectivity index (χ4n) is 4.04. The van der Waals surface area contributed by atoms with Gasteiger partial charge in [-0.2, -0.15) is 0 Å². The van der Waals surface area contributed by atoms with Gasteiger partial charge in [0.25, 0.3) is 0 Å². The van der Waals surface area contributed by atoms with E-state index in [2.05, 4.69) is 42.0 Å². The zero-order valence-corrected chi connectivity index (χ0v) is 19.5. The molecule has 0 saturated heterocycles. The van der Waals surface area contributed by atoms with Crippen molar-refractivity contribution in [3.8, 4) is 0 Å². The minimum absolute atomic E-state index is 0.143. The van der Waals surface area contributed by atoms with Crippen LogP contribution in [0.25, 0.3) is 21.8 Å². The lowest BCUT2D eigenvalue weighted by atomic mass is 9.78. The fourth-order valence-corrected chi connectivity index (χ4v) is 4.04. The van der Waals surface area contributed by atoms with Gasteiger partial charge in [0.2, 0.25) is 0 Å². The molecule has 0 aliphatic carbocycles. The zero-order chi connectivity index (χ0) is 23.3. The van der Waals surface area contributed by atoms with Gasteiger partial charge in [0.05, 0.1) is 17.2 Å². The first-order valence-corrected chi connectivity index (χ1v) is 11.4. The van der Waals surface area contributed by atoms with E-state index in [9.17, 15) is 4.39 Å². The smallest absolute Gasteiger partial charge is 0.165 e. The van der Waals surface area contributed by atoms with Crippen LogP contribution in [-0.2, 0) is 13.0 Å². The van der Waals surface area contributed by atoms with Gasteiger partial charge in [0.1, 0.15) is 11.6 Å². The van der Waals surface area contributed by atoms with Crippen LogP contribution < -0.4 is 11.5 Å². The molecule has 1 atom stereocenters. The normalized spacial score (nSPS) is 13.0. The molecule has 0 saturated carbocycles. The van der Waals surface area contributed by atoms with Gasteiger partial charge in [0.15, 0.2) is 5.82 Å². The molecular formula is C26H34FN5. The summed E-state index contributed by atoms with van der Waals surface area (Å²) in [6.07, 6.45) is 7.12. The van der Waals surface area contributed by atoms with E-state index in [0.717, 1.165) is 43.1 Å². The van der Waals surface area contributed by atoms with Crippen LogP contribution >= 0.6 is 0 Å². The number of hydrogen-bond acceptors (Lipinski definition) is 4. The summed E-state index contributed by atoms with van der Waals surface area (Å²) in [6.45, 7) is 9.27. The Bertz CT molecular complexity index is 1200. The number of benzene rings is 1. The summed E-state index contributed by atoms with van der Waals surface area (Å²) in [5.74, 6) is 0.583. The molecule has 0 aliphatic rings. The summed E-state index contributed by atoms with van der Waals surface area (Å²) >= 11 is 0. The number of nitrogens with zero attached hydrogens (tertiary/aromatic N) is 3. The van der Waals surface area contributed by atoms with Crippen LogP contribution in [0.2, 0.25) is 0 Å². The van der Waals surface area contributed by atoms with Gasteiger partial charge < -0.3 is 16.0 Å². The highest BCUT2D eigenvalue weighted by Crippen LogP contribution is 2.34. The van der Waals surface area contributed by atoms with Gasteiger partial charge >= 0.3 is 0 Å². The third-order valence-electron chi connectivity index (χ3n) is 6.39. The average molecular weight is 436 g/mol.